The number of anilines is 4. The second-order valence-electron chi connectivity index (χ2n) is 5.86. The number of amides is 2. The van der Waals surface area contributed by atoms with Crippen molar-refractivity contribution in [1.82, 2.24) is 9.97 Å². The molecule has 0 saturated heterocycles. The van der Waals surface area contributed by atoms with Crippen LogP contribution in [0.25, 0.3) is 0 Å². The molecule has 2 aromatic carbocycles. The highest BCUT2D eigenvalue weighted by Gasteiger charge is 2.10. The lowest BCUT2D eigenvalue weighted by Crippen LogP contribution is -2.14. The zero-order chi connectivity index (χ0) is 19.9. The Morgan fingerprint density at radius 3 is 2.36 bits per heavy atom. The molecule has 3 N–H and O–H groups in total. The lowest BCUT2D eigenvalue weighted by Gasteiger charge is -2.10. The Balaban J connectivity index is 1.73. The van der Waals surface area contributed by atoms with E-state index in [1.54, 1.807) is 55.6 Å². The van der Waals surface area contributed by atoms with Gasteiger partial charge in [0.05, 0.1) is 7.11 Å². The predicted molar refractivity (Wildman–Crippen MR) is 107 cm³/mol. The number of nitrogens with one attached hydrogen (secondary N) is 3. The van der Waals surface area contributed by atoms with Crippen molar-refractivity contribution in [2.45, 2.75) is 6.92 Å². The van der Waals surface area contributed by atoms with Crippen molar-refractivity contribution in [2.75, 3.05) is 23.1 Å². The first kappa shape index (κ1) is 18.8. The summed E-state index contributed by atoms with van der Waals surface area (Å²) in [5.41, 5.74) is 2.17. The number of benzene rings is 2. The molecule has 0 radical (unpaired) electrons. The standard InChI is InChI=1S/C20H19N5O3/c1-13(26)23-14-5-3-6-15(9-14)24-19-11-18(21-12-22-19)20(27)25-16-7-4-8-17(10-16)28-2/h3-12H,1-2H3,(H,23,26)(H,25,27)(H,21,22,24). The van der Waals surface area contributed by atoms with Gasteiger partial charge in [0.1, 0.15) is 23.6 Å². The molecule has 0 saturated carbocycles. The Hall–Kier alpha value is -3.94. The summed E-state index contributed by atoms with van der Waals surface area (Å²) in [5, 5.41) is 8.57. The van der Waals surface area contributed by atoms with Crippen LogP contribution in [-0.2, 0) is 4.79 Å². The van der Waals surface area contributed by atoms with E-state index >= 15 is 0 Å². The van der Waals surface area contributed by atoms with E-state index in [0.717, 1.165) is 0 Å². The Morgan fingerprint density at radius 2 is 1.61 bits per heavy atom. The Bertz CT molecular complexity index is 1010. The largest absolute Gasteiger partial charge is 0.497 e. The molecule has 8 nitrogen and oxygen atoms in total. The van der Waals surface area contributed by atoms with Crippen LogP contribution in [0.5, 0.6) is 5.75 Å². The summed E-state index contributed by atoms with van der Waals surface area (Å²) in [6, 6.07) is 15.7. The number of carbonyl (C=O) groups is 2. The quantitative estimate of drug-likeness (QED) is 0.608. The van der Waals surface area contributed by atoms with Crippen LogP contribution in [-0.4, -0.2) is 28.9 Å². The van der Waals surface area contributed by atoms with Gasteiger partial charge < -0.3 is 20.7 Å². The molecule has 0 atom stereocenters. The van der Waals surface area contributed by atoms with Crippen LogP contribution in [0.2, 0.25) is 0 Å². The van der Waals surface area contributed by atoms with E-state index < -0.39 is 0 Å². The van der Waals surface area contributed by atoms with E-state index in [2.05, 4.69) is 25.9 Å². The van der Waals surface area contributed by atoms with Crippen molar-refractivity contribution in [3.05, 3.63) is 66.6 Å². The van der Waals surface area contributed by atoms with Gasteiger partial charge in [-0.3, -0.25) is 9.59 Å². The third-order valence-electron chi connectivity index (χ3n) is 3.68. The third kappa shape index (κ3) is 5.04. The molecule has 3 aromatic rings. The molecule has 0 spiro atoms. The molecular weight excluding hydrogens is 358 g/mol. The first-order valence-electron chi connectivity index (χ1n) is 8.45. The molecule has 0 unspecified atom stereocenters. The van der Waals surface area contributed by atoms with Crippen molar-refractivity contribution in [1.29, 1.82) is 0 Å². The lowest BCUT2D eigenvalue weighted by atomic mass is 10.2. The lowest BCUT2D eigenvalue weighted by molar-refractivity contribution is -0.114. The Kier molecular flexibility index (Phi) is 5.81. The highest BCUT2D eigenvalue weighted by Crippen LogP contribution is 2.20. The van der Waals surface area contributed by atoms with Crippen LogP contribution in [0.3, 0.4) is 0 Å². The van der Waals surface area contributed by atoms with Crippen molar-refractivity contribution in [3.8, 4) is 5.75 Å². The number of methoxy groups -OCH3 is 1. The van der Waals surface area contributed by atoms with E-state index in [1.807, 2.05) is 6.07 Å². The van der Waals surface area contributed by atoms with E-state index in [-0.39, 0.29) is 17.5 Å². The second kappa shape index (κ2) is 8.63. The smallest absolute Gasteiger partial charge is 0.274 e. The van der Waals surface area contributed by atoms with Crippen LogP contribution in [0, 0.1) is 0 Å². The average molecular weight is 377 g/mol. The zero-order valence-corrected chi connectivity index (χ0v) is 15.4. The van der Waals surface area contributed by atoms with Gasteiger partial charge >= 0.3 is 0 Å². The van der Waals surface area contributed by atoms with Gasteiger partial charge in [0.15, 0.2) is 0 Å². The van der Waals surface area contributed by atoms with Crippen LogP contribution in [0.4, 0.5) is 22.9 Å². The summed E-state index contributed by atoms with van der Waals surface area (Å²) < 4.78 is 5.15. The molecular formula is C20H19N5O3. The van der Waals surface area contributed by atoms with Gasteiger partial charge in [0, 0.05) is 36.1 Å². The second-order valence-corrected chi connectivity index (χ2v) is 5.86. The maximum atomic E-state index is 12.5. The van der Waals surface area contributed by atoms with Crippen LogP contribution in [0.15, 0.2) is 60.9 Å². The minimum absolute atomic E-state index is 0.157. The molecule has 1 aromatic heterocycles. The molecule has 3 rings (SSSR count). The predicted octanol–water partition coefficient (Wildman–Crippen LogP) is 3.44. The number of hydrogen-bond acceptors (Lipinski definition) is 6. The van der Waals surface area contributed by atoms with Gasteiger partial charge in [-0.2, -0.15) is 0 Å². The zero-order valence-electron chi connectivity index (χ0n) is 15.4. The van der Waals surface area contributed by atoms with Crippen LogP contribution >= 0.6 is 0 Å². The van der Waals surface area contributed by atoms with Gasteiger partial charge in [0.2, 0.25) is 5.91 Å². The summed E-state index contributed by atoms with van der Waals surface area (Å²) in [7, 11) is 1.56. The number of carbonyl (C=O) groups excluding carboxylic acids is 2. The number of ether oxygens (including phenoxy) is 1. The van der Waals surface area contributed by atoms with Gasteiger partial charge in [-0.25, -0.2) is 9.97 Å². The molecule has 0 aliphatic heterocycles. The Morgan fingerprint density at radius 1 is 0.893 bits per heavy atom. The van der Waals surface area contributed by atoms with Crippen molar-refractivity contribution >= 4 is 34.7 Å². The summed E-state index contributed by atoms with van der Waals surface area (Å²) in [6.45, 7) is 1.44. The molecule has 28 heavy (non-hydrogen) atoms. The molecule has 0 aliphatic carbocycles. The van der Waals surface area contributed by atoms with Gasteiger partial charge in [-0.15, -0.1) is 0 Å². The minimum Gasteiger partial charge on any atom is -0.497 e. The topological polar surface area (TPSA) is 105 Å². The number of nitrogens with zero attached hydrogens (tertiary/aromatic N) is 2. The third-order valence-corrected chi connectivity index (χ3v) is 3.68. The molecule has 1 heterocycles. The van der Waals surface area contributed by atoms with E-state index in [4.69, 9.17) is 4.74 Å². The number of aromatic nitrogens is 2. The monoisotopic (exact) mass is 377 g/mol. The fourth-order valence-electron chi connectivity index (χ4n) is 2.47. The molecule has 2 amide bonds. The van der Waals surface area contributed by atoms with Crippen LogP contribution in [0.1, 0.15) is 17.4 Å². The molecule has 0 bridgehead atoms. The van der Waals surface area contributed by atoms with Gasteiger partial charge in [-0.05, 0) is 30.3 Å². The molecule has 0 fully saturated rings. The SMILES string of the molecule is COc1cccc(NC(=O)c2cc(Nc3cccc(NC(C)=O)c3)ncn2)c1. The average Bonchev–Trinajstić information content (AvgIpc) is 2.68. The maximum absolute atomic E-state index is 12.5. The van der Waals surface area contributed by atoms with Crippen molar-refractivity contribution in [3.63, 3.8) is 0 Å². The first-order valence-corrected chi connectivity index (χ1v) is 8.45. The summed E-state index contributed by atoms with van der Waals surface area (Å²) in [4.78, 5) is 31.8. The maximum Gasteiger partial charge on any atom is 0.274 e. The van der Waals surface area contributed by atoms with Crippen molar-refractivity contribution in [2.24, 2.45) is 0 Å². The van der Waals surface area contributed by atoms with Crippen molar-refractivity contribution < 1.29 is 14.3 Å². The minimum atomic E-state index is -0.370. The first-order chi connectivity index (χ1) is 13.5. The highest BCUT2D eigenvalue weighted by atomic mass is 16.5. The molecule has 8 heteroatoms. The van der Waals surface area contributed by atoms with E-state index in [0.29, 0.717) is 28.6 Å². The fraction of sp³-hybridized carbons (Fsp3) is 0.100. The normalized spacial score (nSPS) is 10.1. The summed E-state index contributed by atoms with van der Waals surface area (Å²) >= 11 is 0. The number of hydrogen-bond donors (Lipinski definition) is 3. The summed E-state index contributed by atoms with van der Waals surface area (Å²) in [6.07, 6.45) is 1.31. The van der Waals surface area contributed by atoms with E-state index in [1.165, 1.54) is 13.3 Å². The van der Waals surface area contributed by atoms with Gasteiger partial charge in [-0.1, -0.05) is 12.1 Å². The van der Waals surface area contributed by atoms with E-state index in [9.17, 15) is 9.59 Å². The highest BCUT2D eigenvalue weighted by molar-refractivity contribution is 6.03. The van der Waals surface area contributed by atoms with Gasteiger partial charge in [0.25, 0.3) is 5.91 Å². The van der Waals surface area contributed by atoms with Crippen LogP contribution < -0.4 is 20.7 Å². The molecule has 142 valence electrons. The summed E-state index contributed by atoms with van der Waals surface area (Å²) in [5.74, 6) is 0.564. The Labute approximate surface area is 162 Å². The fourth-order valence-corrected chi connectivity index (χ4v) is 2.47. The number of rotatable bonds is 6. The molecule has 0 aliphatic rings.